The molecule has 0 aromatic heterocycles. The topological polar surface area (TPSA) is 29.5 Å². The van der Waals surface area contributed by atoms with E-state index in [0.717, 1.165) is 31.7 Å². The molecule has 4 heteroatoms. The zero-order valence-electron chi connectivity index (χ0n) is 16.0. The summed E-state index contributed by atoms with van der Waals surface area (Å²) >= 11 is 0. The smallest absolute Gasteiger partial charge is 0.193 e. The summed E-state index contributed by atoms with van der Waals surface area (Å²) in [5.74, 6) is 0.290. The van der Waals surface area contributed by atoms with Crippen LogP contribution in [0, 0.1) is 5.82 Å². The maximum absolute atomic E-state index is 13.0. The van der Waals surface area contributed by atoms with Crippen molar-refractivity contribution in [2.75, 3.05) is 26.7 Å². The lowest BCUT2D eigenvalue weighted by molar-refractivity contribution is 0.103. The van der Waals surface area contributed by atoms with Gasteiger partial charge >= 0.3 is 0 Å². The SMILES string of the molecule is C=CCN(C)CCCCCCOc1ccc(C(=O)c2ccc(F)cc2)cc1. The molecule has 0 bridgehead atoms. The van der Waals surface area contributed by atoms with Gasteiger partial charge in [0.15, 0.2) is 5.78 Å². The van der Waals surface area contributed by atoms with Crippen LogP contribution in [0.4, 0.5) is 4.39 Å². The minimum atomic E-state index is -0.348. The van der Waals surface area contributed by atoms with E-state index >= 15 is 0 Å². The van der Waals surface area contributed by atoms with Crippen molar-refractivity contribution in [1.29, 1.82) is 0 Å². The number of ether oxygens (including phenoxy) is 1. The van der Waals surface area contributed by atoms with Crippen LogP contribution in [-0.4, -0.2) is 37.4 Å². The van der Waals surface area contributed by atoms with Gasteiger partial charge in [0.1, 0.15) is 11.6 Å². The Labute approximate surface area is 161 Å². The fraction of sp³-hybridized carbons (Fsp3) is 0.348. The second kappa shape index (κ2) is 11.3. The molecule has 0 amide bonds. The van der Waals surface area contributed by atoms with E-state index < -0.39 is 0 Å². The van der Waals surface area contributed by atoms with E-state index in [1.54, 1.807) is 24.3 Å². The minimum absolute atomic E-state index is 0.122. The molecule has 0 aliphatic carbocycles. The van der Waals surface area contributed by atoms with E-state index in [4.69, 9.17) is 4.74 Å². The summed E-state index contributed by atoms with van der Waals surface area (Å²) in [6.07, 6.45) is 6.46. The first-order valence-electron chi connectivity index (χ1n) is 9.42. The van der Waals surface area contributed by atoms with Gasteiger partial charge in [0.05, 0.1) is 6.61 Å². The van der Waals surface area contributed by atoms with Crippen LogP contribution in [0.5, 0.6) is 5.75 Å². The van der Waals surface area contributed by atoms with Crippen molar-refractivity contribution in [3.8, 4) is 5.75 Å². The maximum atomic E-state index is 13.0. The number of likely N-dealkylation sites (N-methyl/N-ethyl adjacent to an activating group) is 1. The van der Waals surface area contributed by atoms with E-state index in [1.165, 1.54) is 37.1 Å². The van der Waals surface area contributed by atoms with Crippen molar-refractivity contribution in [2.45, 2.75) is 25.7 Å². The van der Waals surface area contributed by atoms with Crippen LogP contribution < -0.4 is 4.74 Å². The van der Waals surface area contributed by atoms with Crippen molar-refractivity contribution in [3.63, 3.8) is 0 Å². The third-order valence-corrected chi connectivity index (χ3v) is 4.37. The first-order valence-corrected chi connectivity index (χ1v) is 9.42. The average Bonchev–Trinajstić information content (AvgIpc) is 2.68. The molecule has 0 unspecified atom stereocenters. The Bertz CT molecular complexity index is 710. The minimum Gasteiger partial charge on any atom is -0.494 e. The molecule has 0 atom stereocenters. The van der Waals surface area contributed by atoms with Gasteiger partial charge in [-0.1, -0.05) is 18.9 Å². The molecule has 0 radical (unpaired) electrons. The zero-order valence-corrected chi connectivity index (χ0v) is 16.0. The largest absolute Gasteiger partial charge is 0.494 e. The van der Waals surface area contributed by atoms with E-state index in [9.17, 15) is 9.18 Å². The van der Waals surface area contributed by atoms with Gasteiger partial charge in [-0.15, -0.1) is 6.58 Å². The molecule has 2 aromatic rings. The normalized spacial score (nSPS) is 10.8. The monoisotopic (exact) mass is 369 g/mol. The van der Waals surface area contributed by atoms with E-state index in [1.807, 2.05) is 6.08 Å². The molecule has 0 spiro atoms. The standard InChI is InChI=1S/C23H28FNO2/c1-3-16-25(2)17-6-4-5-7-18-27-22-14-10-20(11-15-22)23(26)19-8-12-21(24)13-9-19/h3,8-15H,1,4-7,16-18H2,2H3. The summed E-state index contributed by atoms with van der Waals surface area (Å²) in [6, 6.07) is 12.7. The van der Waals surface area contributed by atoms with Gasteiger partial charge in [0.25, 0.3) is 0 Å². The lowest BCUT2D eigenvalue weighted by Crippen LogP contribution is -2.19. The van der Waals surface area contributed by atoms with Crippen molar-refractivity contribution in [3.05, 3.63) is 78.1 Å². The van der Waals surface area contributed by atoms with Crippen LogP contribution >= 0.6 is 0 Å². The molecule has 0 fully saturated rings. The van der Waals surface area contributed by atoms with Gasteiger partial charge in [-0.3, -0.25) is 4.79 Å². The van der Waals surface area contributed by atoms with Crippen LogP contribution in [0.15, 0.2) is 61.2 Å². The predicted octanol–water partition coefficient (Wildman–Crippen LogP) is 5.11. The highest BCUT2D eigenvalue weighted by molar-refractivity contribution is 6.08. The number of benzene rings is 2. The Morgan fingerprint density at radius 3 is 2.22 bits per heavy atom. The molecule has 0 saturated heterocycles. The number of hydrogen-bond donors (Lipinski definition) is 0. The van der Waals surface area contributed by atoms with Crippen LogP contribution in [-0.2, 0) is 0 Å². The highest BCUT2D eigenvalue weighted by atomic mass is 19.1. The quantitative estimate of drug-likeness (QED) is 0.296. The summed E-state index contributed by atoms with van der Waals surface area (Å²) < 4.78 is 18.7. The molecule has 0 aliphatic heterocycles. The number of carbonyl (C=O) groups is 1. The first kappa shape index (κ1) is 20.8. The number of unbranched alkanes of at least 4 members (excludes halogenated alkanes) is 3. The van der Waals surface area contributed by atoms with Crippen LogP contribution in [0.25, 0.3) is 0 Å². The summed E-state index contributed by atoms with van der Waals surface area (Å²) in [7, 11) is 2.11. The molecule has 0 aliphatic rings. The Kier molecular flexibility index (Phi) is 8.72. The lowest BCUT2D eigenvalue weighted by Gasteiger charge is -2.13. The highest BCUT2D eigenvalue weighted by Crippen LogP contribution is 2.16. The summed E-state index contributed by atoms with van der Waals surface area (Å²) in [5, 5.41) is 0. The van der Waals surface area contributed by atoms with Gasteiger partial charge in [-0.05, 0) is 75.0 Å². The van der Waals surface area contributed by atoms with Crippen LogP contribution in [0.3, 0.4) is 0 Å². The molecule has 2 rings (SSSR count). The fourth-order valence-electron chi connectivity index (χ4n) is 2.81. The maximum Gasteiger partial charge on any atom is 0.193 e. The third kappa shape index (κ3) is 7.35. The van der Waals surface area contributed by atoms with Gasteiger partial charge in [-0.25, -0.2) is 4.39 Å². The number of halogens is 1. The molecular weight excluding hydrogens is 341 g/mol. The number of hydrogen-bond acceptors (Lipinski definition) is 3. The molecule has 2 aromatic carbocycles. The Morgan fingerprint density at radius 1 is 1.00 bits per heavy atom. The Morgan fingerprint density at radius 2 is 1.59 bits per heavy atom. The summed E-state index contributed by atoms with van der Waals surface area (Å²) in [4.78, 5) is 14.6. The molecule has 27 heavy (non-hydrogen) atoms. The van der Waals surface area contributed by atoms with E-state index in [-0.39, 0.29) is 11.6 Å². The van der Waals surface area contributed by atoms with Gasteiger partial charge in [-0.2, -0.15) is 0 Å². The average molecular weight is 369 g/mol. The molecule has 3 nitrogen and oxygen atoms in total. The predicted molar refractivity (Wildman–Crippen MR) is 108 cm³/mol. The number of ketones is 1. The lowest BCUT2D eigenvalue weighted by atomic mass is 10.0. The molecule has 0 saturated carbocycles. The van der Waals surface area contributed by atoms with Crippen molar-refractivity contribution >= 4 is 5.78 Å². The van der Waals surface area contributed by atoms with Gasteiger partial charge in [0, 0.05) is 17.7 Å². The number of nitrogens with zero attached hydrogens (tertiary/aromatic N) is 1. The van der Waals surface area contributed by atoms with E-state index in [0.29, 0.717) is 17.7 Å². The van der Waals surface area contributed by atoms with Crippen molar-refractivity contribution in [2.24, 2.45) is 0 Å². The first-order chi connectivity index (χ1) is 13.1. The molecular formula is C23H28FNO2. The summed E-state index contributed by atoms with van der Waals surface area (Å²) in [5.41, 5.74) is 1.04. The van der Waals surface area contributed by atoms with Crippen LogP contribution in [0.1, 0.15) is 41.6 Å². The van der Waals surface area contributed by atoms with Gasteiger partial charge < -0.3 is 9.64 Å². The highest BCUT2D eigenvalue weighted by Gasteiger charge is 2.09. The fourth-order valence-corrected chi connectivity index (χ4v) is 2.81. The third-order valence-electron chi connectivity index (χ3n) is 4.37. The Balaban J connectivity index is 1.67. The molecule has 0 N–H and O–H groups in total. The second-order valence-corrected chi connectivity index (χ2v) is 6.67. The Hall–Kier alpha value is -2.46. The second-order valence-electron chi connectivity index (χ2n) is 6.67. The molecule has 144 valence electrons. The number of carbonyl (C=O) groups excluding carboxylic acids is 1. The molecule has 0 heterocycles. The van der Waals surface area contributed by atoms with Crippen molar-refractivity contribution < 1.29 is 13.9 Å². The van der Waals surface area contributed by atoms with Gasteiger partial charge in [0.2, 0.25) is 0 Å². The summed E-state index contributed by atoms with van der Waals surface area (Å²) in [6.45, 7) is 6.44. The van der Waals surface area contributed by atoms with Crippen molar-refractivity contribution in [1.82, 2.24) is 4.90 Å². The van der Waals surface area contributed by atoms with E-state index in [2.05, 4.69) is 18.5 Å². The van der Waals surface area contributed by atoms with Crippen LogP contribution in [0.2, 0.25) is 0 Å². The number of rotatable bonds is 12. The zero-order chi connectivity index (χ0) is 19.5.